The highest BCUT2D eigenvalue weighted by Crippen LogP contribution is 2.23. The molecule has 0 spiro atoms. The summed E-state index contributed by atoms with van der Waals surface area (Å²) in [6, 6.07) is 0. The molecule has 0 unspecified atom stereocenters. The number of allylic oxidation sites excluding steroid dienone is 4. The molecule has 0 atom stereocenters. The minimum atomic E-state index is 0.856. The number of hydrogen-bond acceptors (Lipinski definition) is 1. The molecule has 1 aliphatic carbocycles. The van der Waals surface area contributed by atoms with E-state index in [0.29, 0.717) is 0 Å². The smallest absolute Gasteiger partial charge is 0.0465 e. The summed E-state index contributed by atoms with van der Waals surface area (Å²) in [5.74, 6) is 0. The lowest BCUT2D eigenvalue weighted by atomic mass is 10.0. The van der Waals surface area contributed by atoms with Crippen molar-refractivity contribution >= 4 is 11.6 Å². The van der Waals surface area contributed by atoms with Crippen molar-refractivity contribution in [2.45, 2.75) is 39.5 Å². The van der Waals surface area contributed by atoms with Crippen molar-refractivity contribution in [1.82, 2.24) is 0 Å². The van der Waals surface area contributed by atoms with Gasteiger partial charge in [-0.25, -0.2) is 0 Å². The topological polar surface area (TPSA) is 9.23 Å². The van der Waals surface area contributed by atoms with Crippen LogP contribution in [0.15, 0.2) is 22.8 Å². The van der Waals surface area contributed by atoms with E-state index in [1.807, 2.05) is 19.9 Å². The highest BCUT2D eigenvalue weighted by atomic mass is 35.5. The molecule has 0 radical (unpaired) electrons. The Morgan fingerprint density at radius 3 is 2.50 bits per heavy atom. The van der Waals surface area contributed by atoms with E-state index in [0.717, 1.165) is 37.3 Å². The van der Waals surface area contributed by atoms with Gasteiger partial charge >= 0.3 is 0 Å². The first-order valence-corrected chi connectivity index (χ1v) is 5.74. The summed E-state index contributed by atoms with van der Waals surface area (Å²) in [5, 5.41) is 0.977. The molecule has 0 aliphatic heterocycles. The fraction of sp³-hybridized carbons (Fsp3) is 0.667. The first kappa shape index (κ1) is 13.7. The third-order valence-corrected chi connectivity index (χ3v) is 2.35. The predicted molar refractivity (Wildman–Crippen MR) is 63.7 cm³/mol. The second-order valence-electron chi connectivity index (χ2n) is 3.03. The number of halogens is 1. The van der Waals surface area contributed by atoms with Crippen LogP contribution >= 0.6 is 11.6 Å². The van der Waals surface area contributed by atoms with Crippen LogP contribution in [-0.4, -0.2) is 13.7 Å². The van der Waals surface area contributed by atoms with Crippen molar-refractivity contribution in [3.8, 4) is 0 Å². The van der Waals surface area contributed by atoms with Crippen LogP contribution in [0, 0.1) is 0 Å². The van der Waals surface area contributed by atoms with Crippen LogP contribution in [0.3, 0.4) is 0 Å². The Morgan fingerprint density at radius 1 is 1.29 bits per heavy atom. The summed E-state index contributed by atoms with van der Waals surface area (Å²) in [4.78, 5) is 0. The minimum Gasteiger partial charge on any atom is -0.385 e. The zero-order chi connectivity index (χ0) is 10.8. The second-order valence-corrected chi connectivity index (χ2v) is 3.52. The maximum absolute atomic E-state index is 5.84. The van der Waals surface area contributed by atoms with Gasteiger partial charge in [0.15, 0.2) is 0 Å². The van der Waals surface area contributed by atoms with E-state index in [-0.39, 0.29) is 0 Å². The lowest BCUT2D eigenvalue weighted by Crippen LogP contribution is -1.94. The van der Waals surface area contributed by atoms with Gasteiger partial charge in [-0.3, -0.25) is 0 Å². The fourth-order valence-corrected chi connectivity index (χ4v) is 1.46. The lowest BCUT2D eigenvalue weighted by molar-refractivity contribution is 0.195. The Hall–Kier alpha value is -0.270. The first-order chi connectivity index (χ1) is 6.83. The lowest BCUT2D eigenvalue weighted by Gasteiger charge is -2.10. The van der Waals surface area contributed by atoms with E-state index < -0.39 is 0 Å². The van der Waals surface area contributed by atoms with Crippen molar-refractivity contribution in [2.75, 3.05) is 13.7 Å². The Balaban J connectivity index is 0.000000791. The molecule has 1 aliphatic rings. The molecule has 0 aromatic carbocycles. The van der Waals surface area contributed by atoms with Crippen molar-refractivity contribution in [2.24, 2.45) is 0 Å². The Bertz CT molecular complexity index is 194. The van der Waals surface area contributed by atoms with Crippen molar-refractivity contribution in [3.63, 3.8) is 0 Å². The SMILES string of the molecule is CC.COCCCC1=CC=C(Cl)CC1. The molecule has 0 saturated carbocycles. The zero-order valence-corrected chi connectivity index (χ0v) is 10.2. The van der Waals surface area contributed by atoms with E-state index >= 15 is 0 Å². The van der Waals surface area contributed by atoms with Gasteiger partial charge in [-0.05, 0) is 31.8 Å². The Morgan fingerprint density at radius 2 is 2.00 bits per heavy atom. The summed E-state index contributed by atoms with van der Waals surface area (Å²) < 4.78 is 4.99. The molecule has 0 saturated heterocycles. The third kappa shape index (κ3) is 6.22. The van der Waals surface area contributed by atoms with E-state index in [1.165, 1.54) is 5.57 Å². The number of hydrogen-bond donors (Lipinski definition) is 0. The van der Waals surface area contributed by atoms with Crippen LogP contribution in [0.5, 0.6) is 0 Å². The summed E-state index contributed by atoms with van der Waals surface area (Å²) in [6.07, 6.45) is 8.55. The molecule has 0 aromatic heterocycles. The molecule has 1 nitrogen and oxygen atoms in total. The van der Waals surface area contributed by atoms with E-state index in [9.17, 15) is 0 Å². The number of methoxy groups -OCH3 is 1. The molecule has 0 heterocycles. The molecule has 1 rings (SSSR count). The van der Waals surface area contributed by atoms with Gasteiger partial charge in [0.05, 0.1) is 0 Å². The zero-order valence-electron chi connectivity index (χ0n) is 9.48. The molecule has 2 heteroatoms. The minimum absolute atomic E-state index is 0.856. The third-order valence-electron chi connectivity index (χ3n) is 2.03. The maximum Gasteiger partial charge on any atom is 0.0465 e. The Kier molecular flexibility index (Phi) is 9.11. The van der Waals surface area contributed by atoms with E-state index in [2.05, 4.69) is 6.08 Å². The van der Waals surface area contributed by atoms with Crippen LogP contribution < -0.4 is 0 Å². The molecule has 0 aromatic rings. The van der Waals surface area contributed by atoms with Gasteiger partial charge in [-0.2, -0.15) is 0 Å². The highest BCUT2D eigenvalue weighted by molar-refractivity contribution is 6.29. The molecule has 14 heavy (non-hydrogen) atoms. The average molecular weight is 217 g/mol. The molecular weight excluding hydrogens is 196 g/mol. The average Bonchev–Trinajstić information content (AvgIpc) is 2.24. The van der Waals surface area contributed by atoms with Crippen molar-refractivity contribution in [1.29, 1.82) is 0 Å². The number of rotatable bonds is 4. The van der Waals surface area contributed by atoms with Gasteiger partial charge in [0.25, 0.3) is 0 Å². The maximum atomic E-state index is 5.84. The molecular formula is C12H21ClO. The summed E-state index contributed by atoms with van der Waals surface area (Å²) in [7, 11) is 1.74. The molecule has 0 amide bonds. The van der Waals surface area contributed by atoms with Crippen LogP contribution in [-0.2, 0) is 4.74 Å². The van der Waals surface area contributed by atoms with Gasteiger partial charge in [0.2, 0.25) is 0 Å². The van der Waals surface area contributed by atoms with Crippen molar-refractivity contribution in [3.05, 3.63) is 22.8 Å². The molecule has 0 fully saturated rings. The molecule has 0 bridgehead atoms. The fourth-order valence-electron chi connectivity index (χ4n) is 1.31. The van der Waals surface area contributed by atoms with Crippen LogP contribution in [0.4, 0.5) is 0 Å². The standard InChI is InChI=1S/C10H15ClO.C2H6/c1-12-8-2-3-9-4-6-10(11)7-5-9;1-2/h4,6H,2-3,5,7-8H2,1H3;1-2H3. The van der Waals surface area contributed by atoms with E-state index in [1.54, 1.807) is 7.11 Å². The largest absolute Gasteiger partial charge is 0.385 e. The van der Waals surface area contributed by atoms with Gasteiger partial charge in [0.1, 0.15) is 0 Å². The summed E-state index contributed by atoms with van der Waals surface area (Å²) in [5.41, 5.74) is 1.50. The summed E-state index contributed by atoms with van der Waals surface area (Å²) >= 11 is 5.84. The number of ether oxygens (including phenoxy) is 1. The normalized spacial score (nSPS) is 15.1. The molecule has 82 valence electrons. The van der Waals surface area contributed by atoms with Gasteiger partial charge < -0.3 is 4.74 Å². The van der Waals surface area contributed by atoms with Crippen molar-refractivity contribution < 1.29 is 4.74 Å². The summed E-state index contributed by atoms with van der Waals surface area (Å²) in [6.45, 7) is 4.86. The van der Waals surface area contributed by atoms with Crippen LogP contribution in [0.25, 0.3) is 0 Å². The second kappa shape index (κ2) is 9.29. The Labute approximate surface area is 92.8 Å². The highest BCUT2D eigenvalue weighted by Gasteiger charge is 2.03. The van der Waals surface area contributed by atoms with E-state index in [4.69, 9.17) is 16.3 Å². The monoisotopic (exact) mass is 216 g/mol. The first-order valence-electron chi connectivity index (χ1n) is 5.36. The van der Waals surface area contributed by atoms with Gasteiger partial charge in [-0.1, -0.05) is 37.1 Å². The van der Waals surface area contributed by atoms with Gasteiger partial charge in [0, 0.05) is 18.7 Å². The van der Waals surface area contributed by atoms with Gasteiger partial charge in [-0.15, -0.1) is 0 Å². The quantitative estimate of drug-likeness (QED) is 0.638. The van der Waals surface area contributed by atoms with Crippen LogP contribution in [0.2, 0.25) is 0 Å². The predicted octanol–water partition coefficient (Wildman–Crippen LogP) is 4.28. The van der Waals surface area contributed by atoms with Crippen LogP contribution in [0.1, 0.15) is 39.5 Å². The molecule has 0 N–H and O–H groups in total.